The first kappa shape index (κ1) is 13.1. The van der Waals surface area contributed by atoms with Crippen LogP contribution in [-0.4, -0.2) is 47.4 Å². The van der Waals surface area contributed by atoms with Crippen molar-refractivity contribution < 1.29 is 4.79 Å². The monoisotopic (exact) mass is 269 g/mol. The second-order valence-electron chi connectivity index (χ2n) is 5.79. The molecule has 3 unspecified atom stereocenters. The first-order valence-electron chi connectivity index (χ1n) is 7.12. The van der Waals surface area contributed by atoms with Crippen LogP contribution in [0, 0.1) is 25.2 Å². The Balaban J connectivity index is 1.90. The summed E-state index contributed by atoms with van der Waals surface area (Å²) in [6.07, 6.45) is 0.981. The molecular formula is C16H19N3O. The molecule has 2 saturated heterocycles. The molecule has 3 rings (SSSR count). The highest BCUT2D eigenvalue weighted by Crippen LogP contribution is 2.27. The van der Waals surface area contributed by atoms with E-state index in [1.807, 2.05) is 36.9 Å². The standard InChI is InChI=1S/C16H19N3O/c1-11-4-3-5-15(12(11)2)16(20)19-10-14(8-17)18-7-6-13(19)9-18/h3-5,13-14H,6-7,9-10H2,1-2H3. The van der Waals surface area contributed by atoms with Gasteiger partial charge in [0, 0.05) is 24.7 Å². The van der Waals surface area contributed by atoms with E-state index in [1.54, 1.807) is 0 Å². The average molecular weight is 269 g/mol. The lowest BCUT2D eigenvalue weighted by atomic mass is 10.0. The van der Waals surface area contributed by atoms with Gasteiger partial charge in [-0.15, -0.1) is 0 Å². The third kappa shape index (κ3) is 1.99. The van der Waals surface area contributed by atoms with Crippen LogP contribution in [0.1, 0.15) is 27.9 Å². The Hall–Kier alpha value is -1.86. The van der Waals surface area contributed by atoms with E-state index in [-0.39, 0.29) is 18.0 Å². The molecule has 1 aromatic rings. The molecule has 20 heavy (non-hydrogen) atoms. The molecule has 2 aliphatic rings. The van der Waals surface area contributed by atoms with Crippen LogP contribution in [0.15, 0.2) is 18.2 Å². The zero-order valence-corrected chi connectivity index (χ0v) is 12.0. The molecule has 0 saturated carbocycles. The van der Waals surface area contributed by atoms with E-state index < -0.39 is 0 Å². The molecule has 2 heterocycles. The fourth-order valence-electron chi connectivity index (χ4n) is 3.27. The second kappa shape index (κ2) is 4.92. The van der Waals surface area contributed by atoms with Gasteiger partial charge in [0.2, 0.25) is 0 Å². The van der Waals surface area contributed by atoms with E-state index in [9.17, 15) is 10.1 Å². The number of nitriles is 1. The van der Waals surface area contributed by atoms with Crippen molar-refractivity contribution in [3.8, 4) is 6.07 Å². The van der Waals surface area contributed by atoms with Gasteiger partial charge in [-0.25, -0.2) is 0 Å². The zero-order chi connectivity index (χ0) is 14.3. The number of piperazine rings is 1. The molecule has 2 aliphatic heterocycles. The summed E-state index contributed by atoms with van der Waals surface area (Å²) in [7, 11) is 0. The van der Waals surface area contributed by atoms with Crippen molar-refractivity contribution >= 4 is 5.91 Å². The summed E-state index contributed by atoms with van der Waals surface area (Å²) in [5, 5.41) is 9.25. The van der Waals surface area contributed by atoms with Gasteiger partial charge < -0.3 is 4.90 Å². The summed E-state index contributed by atoms with van der Waals surface area (Å²) in [6.45, 7) is 6.33. The minimum atomic E-state index is -0.150. The second-order valence-corrected chi connectivity index (χ2v) is 5.79. The molecule has 0 aliphatic carbocycles. The van der Waals surface area contributed by atoms with Gasteiger partial charge in [0.15, 0.2) is 0 Å². The first-order valence-corrected chi connectivity index (χ1v) is 7.12. The molecular weight excluding hydrogens is 250 g/mol. The van der Waals surface area contributed by atoms with Crippen molar-refractivity contribution in [3.63, 3.8) is 0 Å². The zero-order valence-electron chi connectivity index (χ0n) is 12.0. The number of hydrogen-bond donors (Lipinski definition) is 0. The van der Waals surface area contributed by atoms with Gasteiger partial charge in [-0.2, -0.15) is 5.26 Å². The van der Waals surface area contributed by atoms with Gasteiger partial charge in [0.05, 0.1) is 12.6 Å². The number of rotatable bonds is 1. The van der Waals surface area contributed by atoms with Crippen molar-refractivity contribution in [3.05, 3.63) is 34.9 Å². The summed E-state index contributed by atoms with van der Waals surface area (Å²) >= 11 is 0. The third-order valence-electron chi connectivity index (χ3n) is 4.69. The van der Waals surface area contributed by atoms with Crippen LogP contribution < -0.4 is 0 Å². The van der Waals surface area contributed by atoms with E-state index in [0.717, 1.165) is 36.2 Å². The Morgan fingerprint density at radius 1 is 1.35 bits per heavy atom. The highest BCUT2D eigenvalue weighted by Gasteiger charge is 2.41. The van der Waals surface area contributed by atoms with E-state index in [0.29, 0.717) is 6.54 Å². The fourth-order valence-corrected chi connectivity index (χ4v) is 3.27. The number of fused-ring (bicyclic) bond motifs is 2. The predicted octanol–water partition coefficient (Wildman–Crippen LogP) is 1.73. The number of hydrogen-bond acceptors (Lipinski definition) is 3. The average Bonchev–Trinajstić information content (AvgIpc) is 2.86. The molecule has 104 valence electrons. The third-order valence-corrected chi connectivity index (χ3v) is 4.69. The minimum absolute atomic E-state index is 0.0815. The van der Waals surface area contributed by atoms with Gasteiger partial charge in [0.25, 0.3) is 5.91 Å². The largest absolute Gasteiger partial charge is 0.332 e. The quantitative estimate of drug-likeness (QED) is 0.780. The normalized spacial score (nSPS) is 28.2. The van der Waals surface area contributed by atoms with Crippen molar-refractivity contribution in [2.24, 2.45) is 0 Å². The summed E-state index contributed by atoms with van der Waals surface area (Å²) in [5.74, 6) is 0.0815. The minimum Gasteiger partial charge on any atom is -0.332 e. The number of nitrogens with zero attached hydrogens (tertiary/aromatic N) is 3. The number of benzene rings is 1. The summed E-state index contributed by atoms with van der Waals surface area (Å²) in [6, 6.07) is 8.30. The van der Waals surface area contributed by atoms with Gasteiger partial charge in [-0.3, -0.25) is 9.69 Å². The van der Waals surface area contributed by atoms with Crippen molar-refractivity contribution in [2.75, 3.05) is 19.6 Å². The maximum absolute atomic E-state index is 12.8. The molecule has 0 radical (unpaired) electrons. The Morgan fingerprint density at radius 3 is 2.90 bits per heavy atom. The molecule has 1 aromatic carbocycles. The lowest BCUT2D eigenvalue weighted by Gasteiger charge is -2.37. The SMILES string of the molecule is Cc1cccc(C(=O)N2CC(C#N)N3CCC2C3)c1C. The van der Waals surface area contributed by atoms with Crippen LogP contribution in [0.25, 0.3) is 0 Å². The van der Waals surface area contributed by atoms with Crippen LogP contribution in [-0.2, 0) is 0 Å². The van der Waals surface area contributed by atoms with E-state index in [2.05, 4.69) is 11.0 Å². The predicted molar refractivity (Wildman–Crippen MR) is 76.3 cm³/mol. The molecule has 2 bridgehead atoms. The fraction of sp³-hybridized carbons (Fsp3) is 0.500. The molecule has 4 nitrogen and oxygen atoms in total. The Morgan fingerprint density at radius 2 is 2.15 bits per heavy atom. The van der Waals surface area contributed by atoms with Crippen molar-refractivity contribution in [1.29, 1.82) is 5.26 Å². The number of amides is 1. The number of carbonyl (C=O) groups is 1. The van der Waals surface area contributed by atoms with Crippen LogP contribution in [0.3, 0.4) is 0 Å². The van der Waals surface area contributed by atoms with Crippen molar-refractivity contribution in [2.45, 2.75) is 32.4 Å². The van der Waals surface area contributed by atoms with Gasteiger partial charge >= 0.3 is 0 Å². The van der Waals surface area contributed by atoms with E-state index in [4.69, 9.17) is 0 Å². The van der Waals surface area contributed by atoms with Gasteiger partial charge in [-0.1, -0.05) is 12.1 Å². The first-order chi connectivity index (χ1) is 9.61. The lowest BCUT2D eigenvalue weighted by Crippen LogP contribution is -2.54. The Labute approximate surface area is 119 Å². The maximum Gasteiger partial charge on any atom is 0.254 e. The number of carbonyl (C=O) groups excluding carboxylic acids is 1. The van der Waals surface area contributed by atoms with E-state index in [1.165, 1.54) is 0 Å². The Bertz CT molecular complexity index is 590. The maximum atomic E-state index is 12.8. The summed E-state index contributed by atoms with van der Waals surface area (Å²) in [4.78, 5) is 16.9. The molecule has 0 spiro atoms. The van der Waals surface area contributed by atoms with Crippen molar-refractivity contribution in [1.82, 2.24) is 9.80 Å². The highest BCUT2D eigenvalue weighted by molar-refractivity contribution is 5.96. The van der Waals surface area contributed by atoms with Crippen LogP contribution >= 0.6 is 0 Å². The number of aryl methyl sites for hydroxylation is 1. The molecule has 1 amide bonds. The van der Waals surface area contributed by atoms with Crippen LogP contribution in [0.5, 0.6) is 0 Å². The molecule has 0 aromatic heterocycles. The van der Waals surface area contributed by atoms with Crippen LogP contribution in [0.2, 0.25) is 0 Å². The molecule has 0 N–H and O–H groups in total. The van der Waals surface area contributed by atoms with E-state index >= 15 is 0 Å². The topological polar surface area (TPSA) is 47.3 Å². The van der Waals surface area contributed by atoms with Gasteiger partial charge in [-0.05, 0) is 37.5 Å². The summed E-state index contributed by atoms with van der Waals surface area (Å²) < 4.78 is 0. The molecule has 2 fully saturated rings. The van der Waals surface area contributed by atoms with Crippen LogP contribution in [0.4, 0.5) is 0 Å². The summed E-state index contributed by atoms with van der Waals surface area (Å²) in [5.41, 5.74) is 2.96. The molecule has 4 heteroatoms. The highest BCUT2D eigenvalue weighted by atomic mass is 16.2. The lowest BCUT2D eigenvalue weighted by molar-refractivity contribution is 0.0556. The van der Waals surface area contributed by atoms with Gasteiger partial charge in [0.1, 0.15) is 6.04 Å². The smallest absolute Gasteiger partial charge is 0.254 e. The molecule has 3 atom stereocenters. The Kier molecular flexibility index (Phi) is 3.23.